The highest BCUT2D eigenvalue weighted by molar-refractivity contribution is 7.21. The van der Waals surface area contributed by atoms with E-state index >= 15 is 0 Å². The summed E-state index contributed by atoms with van der Waals surface area (Å²) in [6.45, 7) is 2.05. The maximum atomic E-state index is 13.3. The molecule has 1 amide bonds. The number of anilines is 1. The van der Waals surface area contributed by atoms with Crippen LogP contribution in [-0.2, 0) is 11.2 Å². The van der Waals surface area contributed by atoms with E-state index in [1.54, 1.807) is 12.1 Å². The van der Waals surface area contributed by atoms with Crippen molar-refractivity contribution in [1.82, 2.24) is 0 Å². The number of aryl methyl sites for hydroxylation is 1. The van der Waals surface area contributed by atoms with Crippen molar-refractivity contribution in [3.05, 3.63) is 98.9 Å². The summed E-state index contributed by atoms with van der Waals surface area (Å²) in [6, 6.07) is 21.0. The number of methoxy groups -OCH3 is 1. The molecule has 0 spiro atoms. The van der Waals surface area contributed by atoms with Gasteiger partial charge in [0.15, 0.2) is 0 Å². The van der Waals surface area contributed by atoms with E-state index in [1.165, 1.54) is 30.1 Å². The summed E-state index contributed by atoms with van der Waals surface area (Å²) in [5.41, 5.74) is 3.99. The van der Waals surface area contributed by atoms with Crippen molar-refractivity contribution < 1.29 is 14.3 Å². The van der Waals surface area contributed by atoms with Gasteiger partial charge >= 0.3 is 5.97 Å². The van der Waals surface area contributed by atoms with Crippen molar-refractivity contribution in [1.29, 1.82) is 0 Å². The lowest BCUT2D eigenvalue weighted by molar-refractivity contribution is 0.0600. The van der Waals surface area contributed by atoms with Gasteiger partial charge in [-0.05, 0) is 54.1 Å². The van der Waals surface area contributed by atoms with Crippen LogP contribution in [0, 0.1) is 6.92 Å². The lowest BCUT2D eigenvalue weighted by atomic mass is 10.0. The highest BCUT2D eigenvalue weighted by Gasteiger charge is 2.20. The third kappa shape index (κ3) is 4.48. The largest absolute Gasteiger partial charge is 0.465 e. The maximum Gasteiger partial charge on any atom is 0.337 e. The molecule has 4 aromatic rings. The summed E-state index contributed by atoms with van der Waals surface area (Å²) in [7, 11) is 1.31. The van der Waals surface area contributed by atoms with E-state index < -0.39 is 5.97 Å². The highest BCUT2D eigenvalue weighted by atomic mass is 35.5. The van der Waals surface area contributed by atoms with Gasteiger partial charge in [-0.25, -0.2) is 4.79 Å². The molecule has 0 aliphatic rings. The molecule has 156 valence electrons. The van der Waals surface area contributed by atoms with Crippen LogP contribution in [0.4, 0.5) is 5.69 Å². The van der Waals surface area contributed by atoms with Gasteiger partial charge in [0.25, 0.3) is 5.91 Å². The predicted octanol–water partition coefficient (Wildman–Crippen LogP) is 6.49. The molecule has 0 aliphatic carbocycles. The van der Waals surface area contributed by atoms with Crippen LogP contribution in [-0.4, -0.2) is 19.0 Å². The van der Waals surface area contributed by atoms with E-state index in [-0.39, 0.29) is 5.91 Å². The van der Waals surface area contributed by atoms with Gasteiger partial charge < -0.3 is 10.1 Å². The molecule has 0 atom stereocenters. The van der Waals surface area contributed by atoms with Crippen molar-refractivity contribution in [2.24, 2.45) is 0 Å². The average molecular weight is 450 g/mol. The first-order valence-corrected chi connectivity index (χ1v) is 10.9. The van der Waals surface area contributed by atoms with Gasteiger partial charge in [-0.2, -0.15) is 0 Å². The molecule has 0 saturated heterocycles. The SMILES string of the molecule is COC(=O)c1ccc(Cl)c(NC(=O)c2sc3ccccc3c2Cc2ccc(C)cc2)c1. The van der Waals surface area contributed by atoms with Crippen molar-refractivity contribution in [2.45, 2.75) is 13.3 Å². The Kier molecular flexibility index (Phi) is 6.07. The van der Waals surface area contributed by atoms with E-state index in [1.807, 2.05) is 24.3 Å². The molecule has 0 radical (unpaired) electrons. The molecule has 3 aromatic carbocycles. The molecular formula is C25H20ClNO3S. The van der Waals surface area contributed by atoms with Crippen LogP contribution < -0.4 is 5.32 Å². The van der Waals surface area contributed by atoms with Gasteiger partial charge in [0, 0.05) is 4.70 Å². The second kappa shape index (κ2) is 8.92. The van der Waals surface area contributed by atoms with Crippen molar-refractivity contribution in [3.63, 3.8) is 0 Å². The van der Waals surface area contributed by atoms with Gasteiger partial charge in [-0.1, -0.05) is 59.6 Å². The molecule has 0 aliphatic heterocycles. The first kappa shape index (κ1) is 21.1. The monoisotopic (exact) mass is 449 g/mol. The number of ether oxygens (including phenoxy) is 1. The first-order chi connectivity index (χ1) is 15.0. The molecule has 6 heteroatoms. The fourth-order valence-electron chi connectivity index (χ4n) is 3.41. The minimum Gasteiger partial charge on any atom is -0.465 e. The predicted molar refractivity (Wildman–Crippen MR) is 127 cm³/mol. The number of carbonyl (C=O) groups is 2. The lowest BCUT2D eigenvalue weighted by Gasteiger charge is -2.10. The number of nitrogens with one attached hydrogen (secondary N) is 1. The minimum atomic E-state index is -0.492. The first-order valence-electron chi connectivity index (χ1n) is 9.71. The van der Waals surface area contributed by atoms with Gasteiger partial charge in [-0.3, -0.25) is 4.79 Å². The standard InChI is InChI=1S/C25H20ClNO3S/c1-15-7-9-16(10-8-15)13-19-18-5-3-4-6-22(18)31-23(19)24(28)27-21-14-17(25(29)30-2)11-12-20(21)26/h3-12,14H,13H2,1-2H3,(H,27,28). The van der Waals surface area contributed by atoms with Crippen LogP contribution in [0.2, 0.25) is 5.02 Å². The number of halogens is 1. The Morgan fingerprint density at radius 2 is 1.77 bits per heavy atom. The summed E-state index contributed by atoms with van der Waals surface area (Å²) in [5.74, 6) is -0.749. The van der Waals surface area contributed by atoms with Crippen molar-refractivity contribution >= 4 is 50.6 Å². The number of carbonyl (C=O) groups excluding carboxylic acids is 2. The Labute approximate surface area is 189 Å². The summed E-state index contributed by atoms with van der Waals surface area (Å²) in [5, 5.41) is 4.29. The van der Waals surface area contributed by atoms with Gasteiger partial charge in [0.05, 0.1) is 28.3 Å². The number of esters is 1. The van der Waals surface area contributed by atoms with E-state index in [2.05, 4.69) is 36.5 Å². The minimum absolute atomic E-state index is 0.257. The van der Waals surface area contributed by atoms with Crippen LogP contribution in [0.3, 0.4) is 0 Å². The van der Waals surface area contributed by atoms with Crippen molar-refractivity contribution in [3.8, 4) is 0 Å². The van der Waals surface area contributed by atoms with Gasteiger partial charge in [0.1, 0.15) is 0 Å². The number of benzene rings is 3. The quantitative estimate of drug-likeness (QED) is 0.354. The Hall–Kier alpha value is -3.15. The molecule has 0 fully saturated rings. The number of fused-ring (bicyclic) bond motifs is 1. The topological polar surface area (TPSA) is 55.4 Å². The zero-order chi connectivity index (χ0) is 22.0. The molecule has 0 bridgehead atoms. The fourth-order valence-corrected chi connectivity index (χ4v) is 4.69. The lowest BCUT2D eigenvalue weighted by Crippen LogP contribution is -2.13. The van der Waals surface area contributed by atoms with Crippen LogP contribution in [0.25, 0.3) is 10.1 Å². The van der Waals surface area contributed by atoms with E-state index in [4.69, 9.17) is 16.3 Å². The molecular weight excluding hydrogens is 430 g/mol. The van der Waals surface area contributed by atoms with Gasteiger partial charge in [-0.15, -0.1) is 11.3 Å². The maximum absolute atomic E-state index is 13.3. The Bertz CT molecular complexity index is 1280. The van der Waals surface area contributed by atoms with Crippen LogP contribution in [0.5, 0.6) is 0 Å². The van der Waals surface area contributed by atoms with E-state index in [0.717, 1.165) is 21.2 Å². The van der Waals surface area contributed by atoms with Crippen molar-refractivity contribution in [2.75, 3.05) is 12.4 Å². The van der Waals surface area contributed by atoms with Crippen LogP contribution in [0.15, 0.2) is 66.7 Å². The third-order valence-electron chi connectivity index (χ3n) is 5.04. The fraction of sp³-hybridized carbons (Fsp3) is 0.120. The number of hydrogen-bond donors (Lipinski definition) is 1. The Morgan fingerprint density at radius 1 is 1.03 bits per heavy atom. The summed E-state index contributed by atoms with van der Waals surface area (Å²) < 4.78 is 5.81. The average Bonchev–Trinajstić information content (AvgIpc) is 3.15. The number of thiophene rings is 1. The smallest absolute Gasteiger partial charge is 0.337 e. The zero-order valence-corrected chi connectivity index (χ0v) is 18.6. The van der Waals surface area contributed by atoms with Crippen LogP contribution >= 0.6 is 22.9 Å². The van der Waals surface area contributed by atoms with Crippen LogP contribution in [0.1, 0.15) is 36.7 Å². The molecule has 1 heterocycles. The molecule has 1 N–H and O–H groups in total. The van der Waals surface area contributed by atoms with Gasteiger partial charge in [0.2, 0.25) is 0 Å². The molecule has 0 saturated carbocycles. The van der Waals surface area contributed by atoms with E-state index in [0.29, 0.717) is 27.6 Å². The highest BCUT2D eigenvalue weighted by Crippen LogP contribution is 2.34. The summed E-state index contributed by atoms with van der Waals surface area (Å²) >= 11 is 7.72. The summed E-state index contributed by atoms with van der Waals surface area (Å²) in [6.07, 6.45) is 0.642. The number of amides is 1. The Balaban J connectivity index is 1.71. The third-order valence-corrected chi connectivity index (χ3v) is 6.58. The number of rotatable bonds is 5. The Morgan fingerprint density at radius 3 is 2.52 bits per heavy atom. The zero-order valence-electron chi connectivity index (χ0n) is 17.1. The second-order valence-electron chi connectivity index (χ2n) is 7.21. The van der Waals surface area contributed by atoms with E-state index in [9.17, 15) is 9.59 Å². The summed E-state index contributed by atoms with van der Waals surface area (Å²) in [4.78, 5) is 25.8. The number of hydrogen-bond acceptors (Lipinski definition) is 4. The molecule has 0 unspecified atom stereocenters. The molecule has 4 rings (SSSR count). The molecule has 31 heavy (non-hydrogen) atoms. The molecule has 4 nitrogen and oxygen atoms in total. The normalized spacial score (nSPS) is 10.8. The molecule has 1 aromatic heterocycles. The second-order valence-corrected chi connectivity index (χ2v) is 8.67.